The zero-order chi connectivity index (χ0) is 22.0. The zero-order valence-corrected chi connectivity index (χ0v) is 20.4. The molecule has 0 fully saturated rings. The second-order valence-corrected chi connectivity index (χ2v) is 12.7. The van der Waals surface area contributed by atoms with E-state index in [1.807, 2.05) is 30.3 Å². The third-order valence-corrected chi connectivity index (χ3v) is 8.36. The van der Waals surface area contributed by atoms with E-state index in [1.165, 1.54) is 5.30 Å². The van der Waals surface area contributed by atoms with Gasteiger partial charge in [-0.1, -0.05) is 55.5 Å². The molecule has 29 heavy (non-hydrogen) atoms. The normalized spacial score (nSPS) is 12.1. The van der Waals surface area contributed by atoms with Crippen molar-refractivity contribution >= 4 is 13.2 Å². The summed E-state index contributed by atoms with van der Waals surface area (Å²) in [4.78, 5) is 0. The Bertz CT molecular complexity index is 811. The Morgan fingerprint density at radius 3 is 1.31 bits per heavy atom. The topological polar surface area (TPSA) is 36.9 Å². The highest BCUT2D eigenvalue weighted by Crippen LogP contribution is 2.62. The Balaban J connectivity index is 3.09. The number of rotatable bonds is 6. The van der Waals surface area contributed by atoms with Crippen LogP contribution < -0.4 is 24.3 Å². The fraction of sp³-hybridized carbons (Fsp3) is 0.500. The standard InChI is InChI=1S/C24H35O4P/c1-23(2,3)29(24(4,5)6)22-19(28-10)15-14-18(27-9)21(22)20-16(25-7)12-11-13-17(20)26-8/h11-15H,1-10H3. The second-order valence-electron chi connectivity index (χ2n) is 8.91. The first-order valence-electron chi connectivity index (χ1n) is 9.78. The van der Waals surface area contributed by atoms with Crippen LogP contribution in [0.3, 0.4) is 0 Å². The van der Waals surface area contributed by atoms with Gasteiger partial charge in [0.15, 0.2) is 0 Å². The van der Waals surface area contributed by atoms with Crippen LogP contribution in [0, 0.1) is 0 Å². The molecule has 4 nitrogen and oxygen atoms in total. The van der Waals surface area contributed by atoms with Crippen molar-refractivity contribution in [2.45, 2.75) is 51.9 Å². The van der Waals surface area contributed by atoms with Crippen molar-refractivity contribution in [2.75, 3.05) is 28.4 Å². The molecule has 0 radical (unpaired) electrons. The lowest BCUT2D eigenvalue weighted by molar-refractivity contribution is 0.393. The van der Waals surface area contributed by atoms with E-state index < -0.39 is 7.92 Å². The minimum Gasteiger partial charge on any atom is -0.496 e. The van der Waals surface area contributed by atoms with Crippen LogP contribution in [0.25, 0.3) is 11.1 Å². The Hall–Kier alpha value is -1.93. The SMILES string of the molecule is COc1cccc(OC)c1-c1c(OC)ccc(OC)c1P(C(C)(C)C)C(C)(C)C. The van der Waals surface area contributed by atoms with Gasteiger partial charge in [-0.15, -0.1) is 0 Å². The molecule has 0 saturated heterocycles. The maximum absolute atomic E-state index is 5.90. The Morgan fingerprint density at radius 1 is 0.552 bits per heavy atom. The van der Waals surface area contributed by atoms with Gasteiger partial charge in [-0.3, -0.25) is 0 Å². The second kappa shape index (κ2) is 8.83. The molecule has 0 unspecified atom stereocenters. The molecule has 0 amide bonds. The van der Waals surface area contributed by atoms with Crippen LogP contribution in [0.15, 0.2) is 30.3 Å². The van der Waals surface area contributed by atoms with Crippen molar-refractivity contribution in [1.29, 1.82) is 0 Å². The molecular formula is C24H35O4P. The minimum absolute atomic E-state index is 0.0389. The van der Waals surface area contributed by atoms with Crippen LogP contribution in [0.1, 0.15) is 41.5 Å². The first kappa shape index (κ1) is 23.3. The summed E-state index contributed by atoms with van der Waals surface area (Å²) in [5.41, 5.74) is 1.88. The minimum atomic E-state index is -0.682. The van der Waals surface area contributed by atoms with Gasteiger partial charge >= 0.3 is 0 Å². The van der Waals surface area contributed by atoms with E-state index in [2.05, 4.69) is 41.5 Å². The van der Waals surface area contributed by atoms with Gasteiger partial charge in [0.1, 0.15) is 23.0 Å². The summed E-state index contributed by atoms with van der Waals surface area (Å²) in [7, 11) is 6.11. The first-order valence-corrected chi connectivity index (χ1v) is 11.1. The molecule has 2 rings (SSSR count). The van der Waals surface area contributed by atoms with Crippen molar-refractivity contribution in [2.24, 2.45) is 0 Å². The van der Waals surface area contributed by atoms with Crippen LogP contribution in [-0.4, -0.2) is 38.8 Å². The fourth-order valence-electron chi connectivity index (χ4n) is 4.13. The van der Waals surface area contributed by atoms with Gasteiger partial charge in [0.25, 0.3) is 0 Å². The third kappa shape index (κ3) is 4.64. The molecule has 5 heteroatoms. The van der Waals surface area contributed by atoms with Crippen molar-refractivity contribution in [3.63, 3.8) is 0 Å². The largest absolute Gasteiger partial charge is 0.496 e. The lowest BCUT2D eigenvalue weighted by atomic mass is 10.0. The van der Waals surface area contributed by atoms with Crippen molar-refractivity contribution in [1.82, 2.24) is 0 Å². The summed E-state index contributed by atoms with van der Waals surface area (Å²) >= 11 is 0. The van der Waals surface area contributed by atoms with E-state index in [0.717, 1.165) is 34.1 Å². The lowest BCUT2D eigenvalue weighted by Crippen LogP contribution is -2.33. The van der Waals surface area contributed by atoms with Crippen molar-refractivity contribution in [3.05, 3.63) is 30.3 Å². The number of methoxy groups -OCH3 is 4. The molecule has 2 aromatic rings. The number of hydrogen-bond donors (Lipinski definition) is 0. The molecule has 0 N–H and O–H groups in total. The van der Waals surface area contributed by atoms with Gasteiger partial charge in [0.2, 0.25) is 0 Å². The van der Waals surface area contributed by atoms with Crippen molar-refractivity contribution in [3.8, 4) is 34.1 Å². The van der Waals surface area contributed by atoms with Crippen LogP contribution in [0.4, 0.5) is 0 Å². The van der Waals surface area contributed by atoms with Crippen LogP contribution in [0.2, 0.25) is 0 Å². The average Bonchev–Trinajstić information content (AvgIpc) is 2.64. The van der Waals surface area contributed by atoms with Gasteiger partial charge in [0, 0.05) is 10.9 Å². The molecule has 160 valence electrons. The summed E-state index contributed by atoms with van der Waals surface area (Å²) in [6.07, 6.45) is 0. The Morgan fingerprint density at radius 2 is 0.931 bits per heavy atom. The quantitative estimate of drug-likeness (QED) is 0.532. The van der Waals surface area contributed by atoms with E-state index in [9.17, 15) is 0 Å². The summed E-state index contributed by atoms with van der Waals surface area (Å²) in [5, 5.41) is 1.25. The molecule has 0 aliphatic carbocycles. The Kier molecular flexibility index (Phi) is 7.11. The highest BCUT2D eigenvalue weighted by Gasteiger charge is 2.40. The van der Waals surface area contributed by atoms with Gasteiger partial charge in [-0.25, -0.2) is 0 Å². The lowest BCUT2D eigenvalue weighted by Gasteiger charge is -2.43. The van der Waals surface area contributed by atoms with Gasteiger partial charge in [0.05, 0.1) is 34.0 Å². The number of ether oxygens (including phenoxy) is 4. The highest BCUT2D eigenvalue weighted by atomic mass is 31.1. The zero-order valence-electron chi connectivity index (χ0n) is 19.5. The molecule has 0 heterocycles. The number of hydrogen-bond acceptors (Lipinski definition) is 4. The summed E-state index contributed by atoms with van der Waals surface area (Å²) in [5.74, 6) is 3.14. The van der Waals surface area contributed by atoms with Crippen molar-refractivity contribution < 1.29 is 18.9 Å². The molecule has 0 spiro atoms. The monoisotopic (exact) mass is 418 g/mol. The van der Waals surface area contributed by atoms with E-state index in [4.69, 9.17) is 18.9 Å². The van der Waals surface area contributed by atoms with E-state index in [-0.39, 0.29) is 10.3 Å². The van der Waals surface area contributed by atoms with E-state index in [0.29, 0.717) is 0 Å². The average molecular weight is 419 g/mol. The molecule has 0 aromatic heterocycles. The molecule has 0 aliphatic heterocycles. The molecule has 0 saturated carbocycles. The fourth-order valence-corrected chi connectivity index (χ4v) is 8.31. The molecule has 0 atom stereocenters. The maximum Gasteiger partial charge on any atom is 0.130 e. The predicted octanol–water partition coefficient (Wildman–Crippen LogP) is 6.09. The summed E-state index contributed by atoms with van der Waals surface area (Å²) in [6, 6.07) is 9.81. The summed E-state index contributed by atoms with van der Waals surface area (Å²) in [6.45, 7) is 13.8. The molecule has 0 bridgehead atoms. The van der Waals surface area contributed by atoms with Crippen LogP contribution in [-0.2, 0) is 0 Å². The summed E-state index contributed by atoms with van der Waals surface area (Å²) < 4.78 is 23.3. The molecular weight excluding hydrogens is 383 g/mol. The third-order valence-electron chi connectivity index (χ3n) is 4.79. The van der Waals surface area contributed by atoms with Gasteiger partial charge in [-0.05, 0) is 34.6 Å². The van der Waals surface area contributed by atoms with E-state index in [1.54, 1.807) is 28.4 Å². The van der Waals surface area contributed by atoms with Crippen LogP contribution >= 0.6 is 7.92 Å². The number of benzene rings is 2. The predicted molar refractivity (Wildman–Crippen MR) is 124 cm³/mol. The van der Waals surface area contributed by atoms with E-state index >= 15 is 0 Å². The van der Waals surface area contributed by atoms with Gasteiger partial charge in [-0.2, -0.15) is 0 Å². The maximum atomic E-state index is 5.90. The molecule has 2 aromatic carbocycles. The molecule has 0 aliphatic rings. The van der Waals surface area contributed by atoms with Crippen LogP contribution in [0.5, 0.6) is 23.0 Å². The Labute approximate surface area is 177 Å². The smallest absolute Gasteiger partial charge is 0.130 e. The van der Waals surface area contributed by atoms with Gasteiger partial charge < -0.3 is 18.9 Å². The first-order chi connectivity index (χ1) is 13.5. The highest BCUT2D eigenvalue weighted by molar-refractivity contribution is 7.69.